The van der Waals surface area contributed by atoms with E-state index in [9.17, 15) is 4.79 Å². The fourth-order valence-corrected chi connectivity index (χ4v) is 2.90. The molecule has 2 unspecified atom stereocenters. The standard InChI is InChI=1S/C14H27N3O/c1-11-4-8-17(9-5-11)14(18)15-13-6-7-16(3)12(2)10-13/h11-13H,4-10H2,1-3H3,(H,15,18). The molecule has 1 N–H and O–H groups in total. The first kappa shape index (κ1) is 13.7. The van der Waals surface area contributed by atoms with Crippen LogP contribution in [0.1, 0.15) is 39.5 Å². The summed E-state index contributed by atoms with van der Waals surface area (Å²) in [5.74, 6) is 0.775. The van der Waals surface area contributed by atoms with Crippen LogP contribution in [-0.4, -0.2) is 54.6 Å². The van der Waals surface area contributed by atoms with Gasteiger partial charge in [-0.15, -0.1) is 0 Å². The number of rotatable bonds is 1. The maximum Gasteiger partial charge on any atom is 0.317 e. The van der Waals surface area contributed by atoms with Crippen LogP contribution in [0.3, 0.4) is 0 Å². The van der Waals surface area contributed by atoms with Gasteiger partial charge in [-0.1, -0.05) is 6.92 Å². The zero-order chi connectivity index (χ0) is 13.1. The summed E-state index contributed by atoms with van der Waals surface area (Å²) in [6.07, 6.45) is 4.46. The van der Waals surface area contributed by atoms with Gasteiger partial charge in [-0.05, 0) is 45.6 Å². The number of nitrogens with one attached hydrogen (secondary N) is 1. The average molecular weight is 253 g/mol. The van der Waals surface area contributed by atoms with E-state index in [0.717, 1.165) is 51.2 Å². The summed E-state index contributed by atoms with van der Waals surface area (Å²) >= 11 is 0. The Hall–Kier alpha value is -0.770. The molecule has 104 valence electrons. The van der Waals surface area contributed by atoms with E-state index in [4.69, 9.17) is 0 Å². The third kappa shape index (κ3) is 3.37. The fraction of sp³-hybridized carbons (Fsp3) is 0.929. The number of amides is 2. The minimum atomic E-state index is 0.156. The fourth-order valence-electron chi connectivity index (χ4n) is 2.90. The Balaban J connectivity index is 1.77. The van der Waals surface area contributed by atoms with Crippen LogP contribution in [0.5, 0.6) is 0 Å². The van der Waals surface area contributed by atoms with E-state index in [-0.39, 0.29) is 6.03 Å². The van der Waals surface area contributed by atoms with Gasteiger partial charge in [0.05, 0.1) is 0 Å². The van der Waals surface area contributed by atoms with Crippen molar-refractivity contribution in [2.24, 2.45) is 5.92 Å². The summed E-state index contributed by atoms with van der Waals surface area (Å²) in [7, 11) is 2.16. The first-order valence-corrected chi connectivity index (χ1v) is 7.32. The van der Waals surface area contributed by atoms with Crippen molar-refractivity contribution in [3.63, 3.8) is 0 Å². The van der Waals surface area contributed by atoms with Crippen molar-refractivity contribution in [2.75, 3.05) is 26.7 Å². The van der Waals surface area contributed by atoms with Crippen LogP contribution in [0.2, 0.25) is 0 Å². The molecule has 2 aliphatic rings. The van der Waals surface area contributed by atoms with Gasteiger partial charge in [-0.3, -0.25) is 0 Å². The van der Waals surface area contributed by atoms with Gasteiger partial charge in [0.15, 0.2) is 0 Å². The summed E-state index contributed by atoms with van der Waals surface area (Å²) in [4.78, 5) is 16.5. The van der Waals surface area contributed by atoms with Crippen molar-refractivity contribution >= 4 is 6.03 Å². The van der Waals surface area contributed by atoms with Gasteiger partial charge in [-0.2, -0.15) is 0 Å². The number of urea groups is 1. The summed E-state index contributed by atoms with van der Waals surface area (Å²) in [5.41, 5.74) is 0. The molecule has 0 aromatic rings. The summed E-state index contributed by atoms with van der Waals surface area (Å²) < 4.78 is 0. The van der Waals surface area contributed by atoms with Crippen LogP contribution in [0.4, 0.5) is 4.79 Å². The lowest BCUT2D eigenvalue weighted by atomic mass is 9.98. The van der Waals surface area contributed by atoms with Gasteiger partial charge in [0.2, 0.25) is 0 Å². The summed E-state index contributed by atoms with van der Waals surface area (Å²) in [6.45, 7) is 7.45. The Morgan fingerprint density at radius 3 is 2.39 bits per heavy atom. The first-order valence-electron chi connectivity index (χ1n) is 7.32. The monoisotopic (exact) mass is 253 g/mol. The third-order valence-corrected chi connectivity index (χ3v) is 4.61. The van der Waals surface area contributed by atoms with E-state index in [0.29, 0.717) is 12.1 Å². The SMILES string of the molecule is CC1CCN(C(=O)NC2CCN(C)C(C)C2)CC1. The molecule has 2 aliphatic heterocycles. The molecule has 0 spiro atoms. The Labute approximate surface area is 111 Å². The van der Waals surface area contributed by atoms with Crippen LogP contribution in [0.15, 0.2) is 0 Å². The van der Waals surface area contributed by atoms with Crippen molar-refractivity contribution in [3.8, 4) is 0 Å². The lowest BCUT2D eigenvalue weighted by molar-refractivity contribution is 0.146. The molecule has 2 amide bonds. The number of piperidine rings is 2. The minimum absolute atomic E-state index is 0.156. The molecule has 2 fully saturated rings. The minimum Gasteiger partial charge on any atom is -0.335 e. The molecule has 18 heavy (non-hydrogen) atoms. The van der Waals surface area contributed by atoms with Crippen molar-refractivity contribution in [1.82, 2.24) is 15.1 Å². The molecule has 2 heterocycles. The summed E-state index contributed by atoms with van der Waals surface area (Å²) in [5, 5.41) is 3.21. The molecular formula is C14H27N3O. The van der Waals surface area contributed by atoms with Crippen LogP contribution in [-0.2, 0) is 0 Å². The second-order valence-corrected chi connectivity index (χ2v) is 6.17. The van der Waals surface area contributed by atoms with Crippen LogP contribution >= 0.6 is 0 Å². The van der Waals surface area contributed by atoms with E-state index in [2.05, 4.69) is 31.1 Å². The lowest BCUT2D eigenvalue weighted by Gasteiger charge is -2.37. The van der Waals surface area contributed by atoms with E-state index in [1.165, 1.54) is 0 Å². The highest BCUT2D eigenvalue weighted by Gasteiger charge is 2.26. The normalized spacial score (nSPS) is 31.4. The number of carbonyl (C=O) groups excluding carboxylic acids is 1. The van der Waals surface area contributed by atoms with E-state index < -0.39 is 0 Å². The molecule has 0 aromatic heterocycles. The van der Waals surface area contributed by atoms with Gasteiger partial charge >= 0.3 is 6.03 Å². The molecule has 2 atom stereocenters. The molecular weight excluding hydrogens is 226 g/mol. The van der Waals surface area contributed by atoms with Crippen molar-refractivity contribution < 1.29 is 4.79 Å². The maximum absolute atomic E-state index is 12.2. The Kier molecular flexibility index (Phi) is 4.49. The zero-order valence-corrected chi connectivity index (χ0v) is 12.0. The van der Waals surface area contributed by atoms with E-state index >= 15 is 0 Å². The largest absolute Gasteiger partial charge is 0.335 e. The third-order valence-electron chi connectivity index (χ3n) is 4.61. The molecule has 0 aliphatic carbocycles. The van der Waals surface area contributed by atoms with Crippen molar-refractivity contribution in [1.29, 1.82) is 0 Å². The van der Waals surface area contributed by atoms with Crippen LogP contribution < -0.4 is 5.32 Å². The van der Waals surface area contributed by atoms with Gasteiger partial charge in [0.1, 0.15) is 0 Å². The van der Waals surface area contributed by atoms with E-state index in [1.54, 1.807) is 0 Å². The molecule has 2 rings (SSSR count). The highest BCUT2D eigenvalue weighted by atomic mass is 16.2. The first-order chi connectivity index (χ1) is 8.56. The molecule has 0 radical (unpaired) electrons. The zero-order valence-electron chi connectivity index (χ0n) is 12.0. The molecule has 0 bridgehead atoms. The number of hydrogen-bond donors (Lipinski definition) is 1. The summed E-state index contributed by atoms with van der Waals surface area (Å²) in [6, 6.07) is 1.09. The lowest BCUT2D eigenvalue weighted by Crippen LogP contribution is -2.52. The molecule has 0 aromatic carbocycles. The van der Waals surface area contributed by atoms with Crippen LogP contribution in [0, 0.1) is 5.92 Å². The van der Waals surface area contributed by atoms with Gasteiger partial charge in [0, 0.05) is 31.7 Å². The smallest absolute Gasteiger partial charge is 0.317 e. The van der Waals surface area contributed by atoms with Gasteiger partial charge in [0.25, 0.3) is 0 Å². The van der Waals surface area contributed by atoms with Crippen molar-refractivity contribution in [2.45, 2.75) is 51.6 Å². The molecule has 0 saturated carbocycles. The number of likely N-dealkylation sites (tertiary alicyclic amines) is 2. The average Bonchev–Trinajstić information content (AvgIpc) is 2.34. The second kappa shape index (κ2) is 5.91. The van der Waals surface area contributed by atoms with Gasteiger partial charge in [-0.25, -0.2) is 4.79 Å². The molecule has 2 saturated heterocycles. The molecule has 4 heteroatoms. The van der Waals surface area contributed by atoms with Crippen molar-refractivity contribution in [3.05, 3.63) is 0 Å². The highest BCUT2D eigenvalue weighted by Crippen LogP contribution is 2.18. The van der Waals surface area contributed by atoms with Crippen LogP contribution in [0.25, 0.3) is 0 Å². The topological polar surface area (TPSA) is 35.6 Å². The number of hydrogen-bond acceptors (Lipinski definition) is 2. The number of carbonyl (C=O) groups is 1. The van der Waals surface area contributed by atoms with Gasteiger partial charge < -0.3 is 15.1 Å². The van der Waals surface area contributed by atoms with E-state index in [1.807, 2.05) is 4.90 Å². The predicted molar refractivity (Wildman–Crippen MR) is 73.6 cm³/mol. The quantitative estimate of drug-likeness (QED) is 0.775. The Morgan fingerprint density at radius 1 is 1.11 bits per heavy atom. The second-order valence-electron chi connectivity index (χ2n) is 6.17. The number of nitrogens with zero attached hydrogens (tertiary/aromatic N) is 2. The Morgan fingerprint density at radius 2 is 1.78 bits per heavy atom. The molecule has 4 nitrogen and oxygen atoms in total. The Bertz CT molecular complexity index is 287. The highest BCUT2D eigenvalue weighted by molar-refractivity contribution is 5.74. The predicted octanol–water partition coefficient (Wildman–Crippen LogP) is 1.91. The maximum atomic E-state index is 12.2.